The van der Waals surface area contributed by atoms with Crippen molar-refractivity contribution in [2.45, 2.75) is 71.3 Å². The molecular formula is C16H28N2S. The van der Waals surface area contributed by atoms with Crippen molar-refractivity contribution in [3.8, 4) is 0 Å². The third-order valence-corrected chi connectivity index (χ3v) is 5.16. The van der Waals surface area contributed by atoms with Crippen LogP contribution in [0.1, 0.15) is 62.6 Å². The molecule has 108 valence electrons. The number of aromatic nitrogens is 1. The molecule has 1 aliphatic rings. The third-order valence-electron chi connectivity index (χ3n) is 4.17. The summed E-state index contributed by atoms with van der Waals surface area (Å²) in [5.41, 5.74) is 1.17. The molecule has 1 heterocycles. The molecule has 1 unspecified atom stereocenters. The quantitative estimate of drug-likeness (QED) is 0.766. The summed E-state index contributed by atoms with van der Waals surface area (Å²) in [5, 5.41) is 7.19. The largest absolute Gasteiger partial charge is 0.314 e. The first kappa shape index (κ1) is 15.0. The van der Waals surface area contributed by atoms with E-state index in [0.717, 1.165) is 18.9 Å². The molecule has 0 amide bonds. The number of hydrogen-bond acceptors (Lipinski definition) is 3. The Balaban J connectivity index is 1.79. The average molecular weight is 280 g/mol. The number of aryl methyl sites for hydroxylation is 1. The number of nitrogens with one attached hydrogen (secondary N) is 1. The van der Waals surface area contributed by atoms with Crippen LogP contribution < -0.4 is 5.32 Å². The van der Waals surface area contributed by atoms with Crippen LogP contribution >= 0.6 is 11.3 Å². The van der Waals surface area contributed by atoms with Gasteiger partial charge in [-0.05, 0) is 38.6 Å². The molecule has 0 saturated heterocycles. The summed E-state index contributed by atoms with van der Waals surface area (Å²) in [7, 11) is 0. The van der Waals surface area contributed by atoms with E-state index in [1.165, 1.54) is 55.6 Å². The van der Waals surface area contributed by atoms with Crippen molar-refractivity contribution >= 4 is 11.3 Å². The molecule has 1 saturated carbocycles. The Morgan fingerprint density at radius 2 is 2.21 bits per heavy atom. The molecule has 1 aromatic heterocycles. The normalized spacial score (nSPS) is 18.0. The van der Waals surface area contributed by atoms with Crippen LogP contribution in [0.4, 0.5) is 0 Å². The molecule has 1 aromatic rings. The molecule has 19 heavy (non-hydrogen) atoms. The van der Waals surface area contributed by atoms with Gasteiger partial charge in [-0.1, -0.05) is 32.6 Å². The van der Waals surface area contributed by atoms with Gasteiger partial charge in [-0.15, -0.1) is 11.3 Å². The molecule has 1 aliphatic carbocycles. The lowest BCUT2D eigenvalue weighted by molar-refractivity contribution is 0.402. The summed E-state index contributed by atoms with van der Waals surface area (Å²) in [6, 6.07) is 0.631. The summed E-state index contributed by atoms with van der Waals surface area (Å²) in [4.78, 5) is 4.62. The lowest BCUT2D eigenvalue weighted by Gasteiger charge is -2.19. The van der Waals surface area contributed by atoms with Crippen LogP contribution in [0.15, 0.2) is 5.38 Å². The molecule has 0 aromatic carbocycles. The van der Waals surface area contributed by atoms with E-state index in [1.807, 2.05) is 11.3 Å². The van der Waals surface area contributed by atoms with Gasteiger partial charge < -0.3 is 5.32 Å². The highest BCUT2D eigenvalue weighted by atomic mass is 32.1. The van der Waals surface area contributed by atoms with Gasteiger partial charge in [-0.25, -0.2) is 4.98 Å². The molecule has 3 heteroatoms. The van der Waals surface area contributed by atoms with Crippen LogP contribution in [0, 0.1) is 12.8 Å². The van der Waals surface area contributed by atoms with Gasteiger partial charge in [0.1, 0.15) is 0 Å². The highest BCUT2D eigenvalue weighted by molar-refractivity contribution is 7.09. The Morgan fingerprint density at radius 3 is 2.84 bits per heavy atom. The number of thiazole rings is 1. The van der Waals surface area contributed by atoms with Crippen molar-refractivity contribution in [3.63, 3.8) is 0 Å². The lowest BCUT2D eigenvalue weighted by Crippen LogP contribution is -2.32. The topological polar surface area (TPSA) is 24.9 Å². The molecule has 0 bridgehead atoms. The molecule has 0 aliphatic heterocycles. The van der Waals surface area contributed by atoms with Crippen LogP contribution in [-0.4, -0.2) is 17.6 Å². The van der Waals surface area contributed by atoms with Crippen molar-refractivity contribution in [2.75, 3.05) is 6.54 Å². The molecule has 0 spiro atoms. The van der Waals surface area contributed by atoms with E-state index in [0.29, 0.717) is 6.04 Å². The second-order valence-corrected chi connectivity index (χ2v) is 6.91. The van der Waals surface area contributed by atoms with Crippen LogP contribution in [0.3, 0.4) is 0 Å². The average Bonchev–Trinajstić information content (AvgIpc) is 3.04. The minimum Gasteiger partial charge on any atom is -0.314 e. The zero-order chi connectivity index (χ0) is 13.5. The monoisotopic (exact) mass is 280 g/mol. The van der Waals surface area contributed by atoms with E-state index in [1.54, 1.807) is 0 Å². The Labute approximate surface area is 122 Å². The molecule has 1 atom stereocenters. The molecule has 0 radical (unpaired) electrons. The predicted octanol–water partition coefficient (Wildman–Crippen LogP) is 4.33. The van der Waals surface area contributed by atoms with Crippen molar-refractivity contribution in [1.29, 1.82) is 0 Å². The minimum absolute atomic E-state index is 0.631. The number of rotatable bonds is 8. The van der Waals surface area contributed by atoms with Crippen LogP contribution in [0.5, 0.6) is 0 Å². The maximum Gasteiger partial charge on any atom is 0.0943 e. The first-order chi connectivity index (χ1) is 9.28. The van der Waals surface area contributed by atoms with E-state index in [4.69, 9.17) is 0 Å². The molecule has 2 nitrogen and oxygen atoms in total. The molecule has 2 rings (SSSR count). The second-order valence-electron chi connectivity index (χ2n) is 5.97. The lowest BCUT2D eigenvalue weighted by atomic mass is 9.97. The van der Waals surface area contributed by atoms with Gasteiger partial charge >= 0.3 is 0 Å². The maximum atomic E-state index is 4.62. The fourth-order valence-corrected chi connectivity index (χ4v) is 3.92. The number of nitrogens with zero attached hydrogens (tertiary/aromatic N) is 1. The van der Waals surface area contributed by atoms with E-state index in [2.05, 4.69) is 29.5 Å². The summed E-state index contributed by atoms with van der Waals surface area (Å²) < 4.78 is 0. The fourth-order valence-electron chi connectivity index (χ4n) is 3.07. The Hall–Kier alpha value is -0.410. The van der Waals surface area contributed by atoms with Crippen molar-refractivity contribution in [1.82, 2.24) is 10.3 Å². The van der Waals surface area contributed by atoms with Crippen LogP contribution in [0.25, 0.3) is 0 Å². The highest BCUT2D eigenvalue weighted by Crippen LogP contribution is 2.29. The predicted molar refractivity (Wildman–Crippen MR) is 83.8 cm³/mol. The van der Waals surface area contributed by atoms with Crippen LogP contribution in [-0.2, 0) is 6.42 Å². The summed E-state index contributed by atoms with van der Waals surface area (Å²) in [5.74, 6) is 1.00. The Morgan fingerprint density at radius 1 is 1.42 bits per heavy atom. The molecule has 1 N–H and O–H groups in total. The smallest absolute Gasteiger partial charge is 0.0943 e. The Bertz CT molecular complexity index is 355. The van der Waals surface area contributed by atoms with Gasteiger partial charge in [0.25, 0.3) is 0 Å². The first-order valence-corrected chi connectivity index (χ1v) is 8.80. The van der Waals surface area contributed by atoms with Gasteiger partial charge in [0.05, 0.1) is 5.01 Å². The molecule has 1 fully saturated rings. The zero-order valence-electron chi connectivity index (χ0n) is 12.5. The fraction of sp³-hybridized carbons (Fsp3) is 0.812. The van der Waals surface area contributed by atoms with Crippen molar-refractivity contribution in [2.24, 2.45) is 5.92 Å². The molecular weight excluding hydrogens is 252 g/mol. The number of hydrogen-bond donors (Lipinski definition) is 1. The standard InChI is InChI=1S/C16H28N2S/c1-3-10-17-15(9-8-14-6-4-5-7-14)11-16-18-13(2)12-19-16/h12,14-15,17H,3-11H2,1-2H3. The van der Waals surface area contributed by atoms with Crippen molar-refractivity contribution in [3.05, 3.63) is 16.1 Å². The van der Waals surface area contributed by atoms with Gasteiger partial charge in [-0.3, -0.25) is 0 Å². The summed E-state index contributed by atoms with van der Waals surface area (Å²) in [6.45, 7) is 5.47. The van der Waals surface area contributed by atoms with Gasteiger partial charge in [0.2, 0.25) is 0 Å². The van der Waals surface area contributed by atoms with E-state index in [9.17, 15) is 0 Å². The summed E-state index contributed by atoms with van der Waals surface area (Å²) >= 11 is 1.82. The second kappa shape index (κ2) is 8.01. The highest BCUT2D eigenvalue weighted by Gasteiger charge is 2.18. The van der Waals surface area contributed by atoms with E-state index in [-0.39, 0.29) is 0 Å². The van der Waals surface area contributed by atoms with E-state index >= 15 is 0 Å². The third kappa shape index (κ3) is 5.23. The maximum absolute atomic E-state index is 4.62. The Kier molecular flexibility index (Phi) is 6.32. The van der Waals surface area contributed by atoms with Gasteiger partial charge in [0, 0.05) is 23.5 Å². The van der Waals surface area contributed by atoms with Crippen LogP contribution in [0.2, 0.25) is 0 Å². The minimum atomic E-state index is 0.631. The zero-order valence-corrected chi connectivity index (χ0v) is 13.3. The first-order valence-electron chi connectivity index (χ1n) is 7.92. The SMILES string of the molecule is CCCNC(CCC1CCCC1)Cc1nc(C)cs1. The van der Waals surface area contributed by atoms with Crippen molar-refractivity contribution < 1.29 is 0 Å². The van der Waals surface area contributed by atoms with E-state index < -0.39 is 0 Å². The van der Waals surface area contributed by atoms with Gasteiger partial charge in [-0.2, -0.15) is 0 Å². The summed E-state index contributed by atoms with van der Waals surface area (Å²) in [6.07, 6.45) is 10.9. The van der Waals surface area contributed by atoms with Gasteiger partial charge in [0.15, 0.2) is 0 Å².